The Morgan fingerprint density at radius 1 is 1.56 bits per heavy atom. The van der Waals surface area contributed by atoms with Crippen LogP contribution >= 0.6 is 15.9 Å². The summed E-state index contributed by atoms with van der Waals surface area (Å²) in [5.41, 5.74) is 6.34. The first-order valence-corrected chi connectivity index (χ1v) is 6.00. The smallest absolute Gasteiger partial charge is 0.326 e. The van der Waals surface area contributed by atoms with Gasteiger partial charge in [0.1, 0.15) is 5.54 Å². The van der Waals surface area contributed by atoms with Crippen molar-refractivity contribution in [1.29, 1.82) is 0 Å². The summed E-state index contributed by atoms with van der Waals surface area (Å²) >= 11 is 3.49. The van der Waals surface area contributed by atoms with E-state index in [1.54, 1.807) is 0 Å². The molecular weight excluding hydrogens is 270 g/mol. The molecule has 1 aromatic carbocycles. The Bertz CT molecular complexity index is 421. The lowest BCUT2D eigenvalue weighted by atomic mass is 9.64. The van der Waals surface area contributed by atoms with Crippen LogP contribution in [0.3, 0.4) is 0 Å². The summed E-state index contributed by atoms with van der Waals surface area (Å²) in [5.74, 6) is -0.268. The Morgan fingerprint density at radius 2 is 2.25 bits per heavy atom. The topological polar surface area (TPSA) is 52.3 Å². The van der Waals surface area contributed by atoms with Crippen LogP contribution < -0.4 is 5.73 Å². The van der Waals surface area contributed by atoms with Crippen LogP contribution in [0.1, 0.15) is 24.3 Å². The van der Waals surface area contributed by atoms with E-state index >= 15 is 0 Å². The van der Waals surface area contributed by atoms with Crippen molar-refractivity contribution in [2.75, 3.05) is 7.11 Å². The standard InChI is InChI=1S/C12H14BrNO2/c1-16-11(15)12(14)7-6-9(12)8-4-2-3-5-10(8)13/h2-5,9H,6-7,14H2,1H3. The fourth-order valence-electron chi connectivity index (χ4n) is 2.22. The van der Waals surface area contributed by atoms with Crippen molar-refractivity contribution >= 4 is 21.9 Å². The first-order chi connectivity index (χ1) is 7.59. The van der Waals surface area contributed by atoms with Crippen molar-refractivity contribution in [1.82, 2.24) is 0 Å². The predicted molar refractivity (Wildman–Crippen MR) is 65.1 cm³/mol. The van der Waals surface area contributed by atoms with Crippen LogP contribution in [0.2, 0.25) is 0 Å². The van der Waals surface area contributed by atoms with Gasteiger partial charge in [0.15, 0.2) is 0 Å². The van der Waals surface area contributed by atoms with Gasteiger partial charge in [-0.05, 0) is 24.5 Å². The molecule has 3 nitrogen and oxygen atoms in total. The lowest BCUT2D eigenvalue weighted by molar-refractivity contribution is -0.151. The van der Waals surface area contributed by atoms with Gasteiger partial charge in [-0.15, -0.1) is 0 Å². The Morgan fingerprint density at radius 3 is 2.75 bits per heavy atom. The maximum absolute atomic E-state index is 11.6. The van der Waals surface area contributed by atoms with E-state index in [4.69, 9.17) is 10.5 Å². The average molecular weight is 284 g/mol. The number of ether oxygens (including phenoxy) is 1. The van der Waals surface area contributed by atoms with Crippen molar-refractivity contribution in [2.45, 2.75) is 24.3 Å². The Hall–Kier alpha value is -0.870. The van der Waals surface area contributed by atoms with Crippen molar-refractivity contribution in [2.24, 2.45) is 5.73 Å². The summed E-state index contributed by atoms with van der Waals surface area (Å²) in [5, 5.41) is 0. The lowest BCUT2D eigenvalue weighted by Gasteiger charge is -2.44. The molecule has 0 spiro atoms. The molecule has 2 atom stereocenters. The van der Waals surface area contributed by atoms with Gasteiger partial charge in [-0.3, -0.25) is 4.79 Å². The van der Waals surface area contributed by atoms with Gasteiger partial charge in [0.05, 0.1) is 7.11 Å². The van der Waals surface area contributed by atoms with E-state index in [2.05, 4.69) is 15.9 Å². The molecule has 16 heavy (non-hydrogen) atoms. The number of esters is 1. The summed E-state index contributed by atoms with van der Waals surface area (Å²) < 4.78 is 5.77. The SMILES string of the molecule is COC(=O)C1(N)CCC1c1ccccc1Br. The molecule has 0 radical (unpaired) electrons. The molecule has 0 bridgehead atoms. The molecular formula is C12H14BrNO2. The van der Waals surface area contributed by atoms with E-state index < -0.39 is 5.54 Å². The number of rotatable bonds is 2. The molecule has 2 unspecified atom stereocenters. The summed E-state index contributed by atoms with van der Waals surface area (Å²) in [6.45, 7) is 0. The fraction of sp³-hybridized carbons (Fsp3) is 0.417. The normalized spacial score (nSPS) is 28.3. The zero-order chi connectivity index (χ0) is 11.8. The second kappa shape index (κ2) is 4.18. The Kier molecular flexibility index (Phi) is 3.04. The molecule has 1 aliphatic rings. The fourth-order valence-corrected chi connectivity index (χ4v) is 2.79. The van der Waals surface area contributed by atoms with Gasteiger partial charge in [-0.25, -0.2) is 0 Å². The van der Waals surface area contributed by atoms with E-state index in [0.717, 1.165) is 16.5 Å². The van der Waals surface area contributed by atoms with Gasteiger partial charge in [-0.2, -0.15) is 0 Å². The number of carbonyl (C=O) groups excluding carboxylic acids is 1. The van der Waals surface area contributed by atoms with Gasteiger partial charge in [0.25, 0.3) is 0 Å². The van der Waals surface area contributed by atoms with Crippen LogP contribution in [0, 0.1) is 0 Å². The molecule has 0 saturated heterocycles. The van der Waals surface area contributed by atoms with Gasteiger partial charge < -0.3 is 10.5 Å². The van der Waals surface area contributed by atoms with Crippen LogP contribution in [0.25, 0.3) is 0 Å². The minimum absolute atomic E-state index is 0.0514. The van der Waals surface area contributed by atoms with Gasteiger partial charge in [0, 0.05) is 10.4 Å². The highest BCUT2D eigenvalue weighted by molar-refractivity contribution is 9.10. The van der Waals surface area contributed by atoms with Crippen LogP contribution in [0.15, 0.2) is 28.7 Å². The Balaban J connectivity index is 2.30. The van der Waals surface area contributed by atoms with Crippen LogP contribution in [-0.4, -0.2) is 18.6 Å². The number of halogens is 1. The van der Waals surface area contributed by atoms with Crippen LogP contribution in [0.5, 0.6) is 0 Å². The summed E-state index contributed by atoms with van der Waals surface area (Å²) in [4.78, 5) is 11.6. The molecule has 1 aliphatic carbocycles. The van der Waals surface area contributed by atoms with E-state index in [0.29, 0.717) is 6.42 Å². The molecule has 0 amide bonds. The molecule has 4 heteroatoms. The van der Waals surface area contributed by atoms with E-state index in [1.807, 2.05) is 24.3 Å². The van der Waals surface area contributed by atoms with E-state index in [1.165, 1.54) is 7.11 Å². The molecule has 0 aromatic heterocycles. The monoisotopic (exact) mass is 283 g/mol. The molecule has 2 N–H and O–H groups in total. The largest absolute Gasteiger partial charge is 0.468 e. The van der Waals surface area contributed by atoms with Crippen molar-refractivity contribution in [3.05, 3.63) is 34.3 Å². The highest BCUT2D eigenvalue weighted by atomic mass is 79.9. The molecule has 0 aliphatic heterocycles. The molecule has 0 heterocycles. The maximum Gasteiger partial charge on any atom is 0.326 e. The highest BCUT2D eigenvalue weighted by Gasteiger charge is 2.51. The number of nitrogens with two attached hydrogens (primary N) is 1. The van der Waals surface area contributed by atoms with Gasteiger partial charge in [0.2, 0.25) is 0 Å². The highest BCUT2D eigenvalue weighted by Crippen LogP contribution is 2.46. The summed E-state index contributed by atoms with van der Waals surface area (Å²) in [6.07, 6.45) is 1.61. The second-order valence-electron chi connectivity index (χ2n) is 4.14. The molecule has 86 valence electrons. The number of hydrogen-bond donors (Lipinski definition) is 1. The number of hydrogen-bond acceptors (Lipinski definition) is 3. The van der Waals surface area contributed by atoms with Gasteiger partial charge in [-0.1, -0.05) is 34.1 Å². The first-order valence-electron chi connectivity index (χ1n) is 5.21. The third kappa shape index (κ3) is 1.66. The molecule has 1 saturated carbocycles. The minimum Gasteiger partial charge on any atom is -0.468 e. The molecule has 1 aromatic rings. The van der Waals surface area contributed by atoms with Gasteiger partial charge >= 0.3 is 5.97 Å². The lowest BCUT2D eigenvalue weighted by Crippen LogP contribution is -2.59. The zero-order valence-electron chi connectivity index (χ0n) is 9.07. The molecule has 1 fully saturated rings. The number of benzene rings is 1. The minimum atomic E-state index is -0.849. The summed E-state index contributed by atoms with van der Waals surface area (Å²) in [6, 6.07) is 7.86. The van der Waals surface area contributed by atoms with Crippen LogP contribution in [-0.2, 0) is 9.53 Å². The predicted octanol–water partition coefficient (Wildman–Crippen LogP) is 2.20. The van der Waals surface area contributed by atoms with E-state index in [-0.39, 0.29) is 11.9 Å². The third-order valence-corrected chi connectivity index (χ3v) is 4.04. The van der Waals surface area contributed by atoms with Crippen molar-refractivity contribution < 1.29 is 9.53 Å². The van der Waals surface area contributed by atoms with Crippen molar-refractivity contribution in [3.8, 4) is 0 Å². The number of carbonyl (C=O) groups is 1. The quantitative estimate of drug-likeness (QED) is 0.847. The van der Waals surface area contributed by atoms with Crippen molar-refractivity contribution in [3.63, 3.8) is 0 Å². The zero-order valence-corrected chi connectivity index (χ0v) is 10.7. The average Bonchev–Trinajstić information content (AvgIpc) is 2.28. The second-order valence-corrected chi connectivity index (χ2v) is 5.00. The number of methoxy groups -OCH3 is 1. The first kappa shape index (κ1) is 11.6. The third-order valence-electron chi connectivity index (χ3n) is 3.31. The maximum atomic E-state index is 11.6. The van der Waals surface area contributed by atoms with Crippen LogP contribution in [0.4, 0.5) is 0 Å². The Labute approximate surface area is 103 Å². The molecule has 2 rings (SSSR count). The summed E-state index contributed by atoms with van der Waals surface area (Å²) in [7, 11) is 1.38. The van der Waals surface area contributed by atoms with E-state index in [9.17, 15) is 4.79 Å².